The Morgan fingerprint density at radius 1 is 1.26 bits per heavy atom. The molecular formula is C19H21NO3. The SMILES string of the molecule is O=c1cc(CN2C[C@H]3CCCC[C@@]32c2ccccc2)occ1O. The van der Waals surface area contributed by atoms with Gasteiger partial charge in [0.15, 0.2) is 5.75 Å². The zero-order valence-corrected chi connectivity index (χ0v) is 13.1. The molecule has 1 aliphatic heterocycles. The summed E-state index contributed by atoms with van der Waals surface area (Å²) in [6, 6.07) is 12.1. The molecule has 0 amide bonds. The maximum Gasteiger partial charge on any atom is 0.226 e. The molecule has 0 spiro atoms. The van der Waals surface area contributed by atoms with Gasteiger partial charge in [0.2, 0.25) is 5.43 Å². The van der Waals surface area contributed by atoms with Gasteiger partial charge in [0, 0.05) is 12.6 Å². The fraction of sp³-hybridized carbons (Fsp3) is 0.421. The summed E-state index contributed by atoms with van der Waals surface area (Å²) in [6.45, 7) is 1.65. The van der Waals surface area contributed by atoms with E-state index >= 15 is 0 Å². The Hall–Kier alpha value is -2.07. The molecule has 1 N–H and O–H groups in total. The Kier molecular flexibility index (Phi) is 3.49. The highest BCUT2D eigenvalue weighted by molar-refractivity contribution is 5.30. The third-order valence-electron chi connectivity index (χ3n) is 5.53. The van der Waals surface area contributed by atoms with E-state index < -0.39 is 0 Å². The van der Waals surface area contributed by atoms with Crippen LogP contribution >= 0.6 is 0 Å². The van der Waals surface area contributed by atoms with Crippen LogP contribution in [-0.4, -0.2) is 16.6 Å². The van der Waals surface area contributed by atoms with Crippen LogP contribution in [0.5, 0.6) is 5.75 Å². The number of benzene rings is 1. The highest BCUT2D eigenvalue weighted by atomic mass is 16.4. The van der Waals surface area contributed by atoms with E-state index in [2.05, 4.69) is 35.2 Å². The van der Waals surface area contributed by atoms with Crippen LogP contribution in [0.4, 0.5) is 0 Å². The Balaban J connectivity index is 1.66. The molecule has 4 nitrogen and oxygen atoms in total. The summed E-state index contributed by atoms with van der Waals surface area (Å²) in [6.07, 6.45) is 6.11. The minimum atomic E-state index is -0.374. The number of aromatic hydroxyl groups is 1. The van der Waals surface area contributed by atoms with Gasteiger partial charge in [0.05, 0.1) is 12.1 Å². The van der Waals surface area contributed by atoms with Crippen LogP contribution in [0.25, 0.3) is 0 Å². The number of likely N-dealkylation sites (tertiary alicyclic amines) is 1. The molecule has 0 radical (unpaired) electrons. The molecule has 23 heavy (non-hydrogen) atoms. The first-order valence-corrected chi connectivity index (χ1v) is 8.31. The minimum absolute atomic E-state index is 0.0793. The third-order valence-corrected chi connectivity index (χ3v) is 5.53. The molecule has 1 saturated heterocycles. The van der Waals surface area contributed by atoms with E-state index in [4.69, 9.17) is 4.42 Å². The van der Waals surface area contributed by atoms with Crippen molar-refractivity contribution in [2.75, 3.05) is 6.54 Å². The second kappa shape index (κ2) is 5.53. The largest absolute Gasteiger partial charge is 0.502 e. The normalized spacial score (nSPS) is 27.2. The van der Waals surface area contributed by atoms with Crippen LogP contribution in [0.15, 0.2) is 51.9 Å². The van der Waals surface area contributed by atoms with Crippen molar-refractivity contribution in [2.45, 2.75) is 37.8 Å². The highest BCUT2D eigenvalue weighted by Crippen LogP contribution is 2.54. The lowest BCUT2D eigenvalue weighted by Gasteiger charge is -2.61. The molecule has 1 saturated carbocycles. The predicted octanol–water partition coefficient (Wildman–Crippen LogP) is 3.25. The van der Waals surface area contributed by atoms with Crippen LogP contribution < -0.4 is 5.43 Å². The van der Waals surface area contributed by atoms with Crippen molar-refractivity contribution in [1.82, 2.24) is 4.90 Å². The van der Waals surface area contributed by atoms with Crippen LogP contribution in [0.1, 0.15) is 37.0 Å². The Morgan fingerprint density at radius 2 is 2.09 bits per heavy atom. The average Bonchev–Trinajstić information content (AvgIpc) is 2.57. The summed E-state index contributed by atoms with van der Waals surface area (Å²) in [5, 5.41) is 9.35. The van der Waals surface area contributed by atoms with Crippen molar-refractivity contribution in [3.63, 3.8) is 0 Å². The quantitative estimate of drug-likeness (QED) is 0.945. The first-order chi connectivity index (χ1) is 11.2. The molecule has 1 aliphatic carbocycles. The number of fused-ring (bicyclic) bond motifs is 1. The Labute approximate surface area is 135 Å². The standard InChI is InChI=1S/C19H21NO3/c21-17-10-16(23-13-18(17)22)12-20-11-15-8-4-5-9-19(15,20)14-6-2-1-3-7-14/h1-3,6-7,10,13,15,22H,4-5,8-9,11-12H2/t15-,19-/m1/s1. The number of hydrogen-bond donors (Lipinski definition) is 1. The highest BCUT2D eigenvalue weighted by Gasteiger charge is 2.54. The van der Waals surface area contributed by atoms with Crippen molar-refractivity contribution in [2.24, 2.45) is 5.92 Å². The van der Waals surface area contributed by atoms with Crippen molar-refractivity contribution in [1.29, 1.82) is 0 Å². The van der Waals surface area contributed by atoms with E-state index in [-0.39, 0.29) is 16.7 Å². The van der Waals surface area contributed by atoms with Gasteiger partial charge in [-0.3, -0.25) is 9.69 Å². The first-order valence-electron chi connectivity index (χ1n) is 8.31. The van der Waals surface area contributed by atoms with Crippen molar-refractivity contribution in [3.05, 3.63) is 64.2 Å². The molecule has 2 aromatic rings. The molecule has 120 valence electrons. The summed E-state index contributed by atoms with van der Waals surface area (Å²) in [5.41, 5.74) is 1.08. The van der Waals surface area contributed by atoms with Crippen molar-refractivity contribution >= 4 is 0 Å². The number of nitrogens with zero attached hydrogens (tertiary/aromatic N) is 1. The van der Waals surface area contributed by atoms with Gasteiger partial charge in [0.1, 0.15) is 12.0 Å². The fourth-order valence-electron chi connectivity index (χ4n) is 4.41. The van der Waals surface area contributed by atoms with Gasteiger partial charge in [-0.1, -0.05) is 43.2 Å². The van der Waals surface area contributed by atoms with Crippen LogP contribution in [0.3, 0.4) is 0 Å². The van der Waals surface area contributed by atoms with Crippen molar-refractivity contribution in [3.8, 4) is 5.75 Å². The lowest BCUT2D eigenvalue weighted by Crippen LogP contribution is -2.65. The topological polar surface area (TPSA) is 53.7 Å². The summed E-state index contributed by atoms with van der Waals surface area (Å²) >= 11 is 0. The number of rotatable bonds is 3. The molecule has 2 atom stereocenters. The molecule has 1 aromatic heterocycles. The lowest BCUT2D eigenvalue weighted by atomic mass is 9.61. The van der Waals surface area contributed by atoms with Gasteiger partial charge in [-0.15, -0.1) is 0 Å². The maximum atomic E-state index is 11.6. The first kappa shape index (κ1) is 14.5. The Morgan fingerprint density at radius 3 is 2.83 bits per heavy atom. The second-order valence-corrected chi connectivity index (χ2v) is 6.71. The molecule has 1 aromatic carbocycles. The van der Waals surface area contributed by atoms with E-state index in [1.54, 1.807) is 0 Å². The smallest absolute Gasteiger partial charge is 0.226 e. The minimum Gasteiger partial charge on any atom is -0.502 e. The van der Waals surface area contributed by atoms with Crippen LogP contribution in [0, 0.1) is 5.92 Å². The molecule has 2 aliphatic rings. The van der Waals surface area contributed by atoms with Crippen LogP contribution in [0.2, 0.25) is 0 Å². The van der Waals surface area contributed by atoms with Gasteiger partial charge in [-0.25, -0.2) is 0 Å². The van der Waals surface area contributed by atoms with E-state index in [0.29, 0.717) is 18.2 Å². The third kappa shape index (κ3) is 2.29. The zero-order valence-electron chi connectivity index (χ0n) is 13.1. The monoisotopic (exact) mass is 311 g/mol. The van der Waals surface area contributed by atoms with Gasteiger partial charge in [-0.05, 0) is 24.3 Å². The van der Waals surface area contributed by atoms with E-state index in [1.807, 2.05) is 0 Å². The Bertz CT molecular complexity index is 755. The van der Waals surface area contributed by atoms with E-state index in [9.17, 15) is 9.90 Å². The molecule has 4 rings (SSSR count). The molecule has 0 bridgehead atoms. The predicted molar refractivity (Wildman–Crippen MR) is 87.1 cm³/mol. The molecule has 2 fully saturated rings. The van der Waals surface area contributed by atoms with Gasteiger partial charge in [0.25, 0.3) is 0 Å². The van der Waals surface area contributed by atoms with Gasteiger partial charge in [-0.2, -0.15) is 0 Å². The fourth-order valence-corrected chi connectivity index (χ4v) is 4.41. The lowest BCUT2D eigenvalue weighted by molar-refractivity contribution is -0.124. The van der Waals surface area contributed by atoms with E-state index in [0.717, 1.165) is 19.2 Å². The van der Waals surface area contributed by atoms with Gasteiger partial charge >= 0.3 is 0 Å². The van der Waals surface area contributed by atoms with E-state index in [1.165, 1.54) is 30.9 Å². The molecule has 2 heterocycles. The summed E-state index contributed by atoms with van der Waals surface area (Å²) < 4.78 is 5.41. The molecular weight excluding hydrogens is 290 g/mol. The molecule has 0 unspecified atom stereocenters. The second-order valence-electron chi connectivity index (χ2n) is 6.71. The average molecular weight is 311 g/mol. The van der Waals surface area contributed by atoms with Crippen LogP contribution in [-0.2, 0) is 12.1 Å². The number of hydrogen-bond acceptors (Lipinski definition) is 4. The molecule has 4 heteroatoms. The summed E-state index contributed by atoms with van der Waals surface area (Å²) in [5.74, 6) is 0.972. The summed E-state index contributed by atoms with van der Waals surface area (Å²) in [7, 11) is 0. The zero-order chi connectivity index (χ0) is 15.9. The van der Waals surface area contributed by atoms with Crippen molar-refractivity contribution < 1.29 is 9.52 Å². The summed E-state index contributed by atoms with van der Waals surface area (Å²) in [4.78, 5) is 14.1. The van der Waals surface area contributed by atoms with Gasteiger partial charge < -0.3 is 9.52 Å². The maximum absolute atomic E-state index is 11.6.